The van der Waals surface area contributed by atoms with Gasteiger partial charge in [-0.2, -0.15) is 0 Å². The van der Waals surface area contributed by atoms with Crippen molar-refractivity contribution >= 4 is 21.9 Å². The van der Waals surface area contributed by atoms with Crippen molar-refractivity contribution in [1.82, 2.24) is 0 Å². The van der Waals surface area contributed by atoms with Crippen molar-refractivity contribution in [2.24, 2.45) is 0 Å². The van der Waals surface area contributed by atoms with Crippen molar-refractivity contribution < 1.29 is 9.90 Å². The number of halogens is 1. The van der Waals surface area contributed by atoms with E-state index < -0.39 is 5.97 Å². The number of aromatic carboxylic acids is 1. The van der Waals surface area contributed by atoms with Gasteiger partial charge in [0.2, 0.25) is 0 Å². The Bertz CT molecular complexity index is 600. The van der Waals surface area contributed by atoms with E-state index in [1.165, 1.54) is 0 Å². The maximum absolute atomic E-state index is 11.3. The Balaban J connectivity index is 2.56. The van der Waals surface area contributed by atoms with Gasteiger partial charge in [-0.15, -0.1) is 0 Å². The van der Waals surface area contributed by atoms with Crippen LogP contribution in [0.1, 0.15) is 35.3 Å². The fourth-order valence-electron chi connectivity index (χ4n) is 2.24. The minimum Gasteiger partial charge on any atom is -0.478 e. The average Bonchev–Trinajstić information content (AvgIpc) is 2.39. The van der Waals surface area contributed by atoms with E-state index in [4.69, 9.17) is 0 Å². The maximum Gasteiger partial charge on any atom is 0.335 e. The molecule has 2 rings (SSSR count). The number of carbonyl (C=O) groups is 1. The summed E-state index contributed by atoms with van der Waals surface area (Å²) in [7, 11) is 0. The van der Waals surface area contributed by atoms with Gasteiger partial charge in [0, 0.05) is 9.89 Å². The summed E-state index contributed by atoms with van der Waals surface area (Å²) in [6, 6.07) is 15.1. The number of carboxylic acids is 1. The minimum absolute atomic E-state index is 0.352. The van der Waals surface area contributed by atoms with Gasteiger partial charge in [-0.1, -0.05) is 60.1 Å². The maximum atomic E-state index is 11.3. The zero-order chi connectivity index (χ0) is 14.0. The fourth-order valence-corrected chi connectivity index (χ4v) is 2.50. The van der Waals surface area contributed by atoms with Crippen LogP contribution in [0.5, 0.6) is 0 Å². The largest absolute Gasteiger partial charge is 0.478 e. The molecule has 0 unspecified atom stereocenters. The Labute approximate surface area is 121 Å². The normalized spacial score (nSPS) is 11.3. The molecule has 0 atom stereocenters. The van der Waals surface area contributed by atoms with Gasteiger partial charge in [-0.25, -0.2) is 4.79 Å². The van der Waals surface area contributed by atoms with Crippen molar-refractivity contribution in [2.75, 3.05) is 0 Å². The molecule has 0 spiro atoms. The van der Waals surface area contributed by atoms with Gasteiger partial charge < -0.3 is 5.11 Å². The molecule has 0 saturated heterocycles. The number of hydrogen-bond donors (Lipinski definition) is 1. The van der Waals surface area contributed by atoms with Crippen LogP contribution in [0.15, 0.2) is 53.0 Å². The second-order valence-corrected chi connectivity index (χ2v) is 5.90. The quantitative estimate of drug-likeness (QED) is 0.906. The SMILES string of the molecule is CC(C)(c1ccc(Br)cc1)c1ccccc1C(=O)O. The molecule has 0 bridgehead atoms. The summed E-state index contributed by atoms with van der Waals surface area (Å²) < 4.78 is 1.01. The Morgan fingerprint density at radius 3 is 2.21 bits per heavy atom. The highest BCUT2D eigenvalue weighted by molar-refractivity contribution is 9.10. The monoisotopic (exact) mass is 318 g/mol. The highest BCUT2D eigenvalue weighted by Crippen LogP contribution is 2.34. The molecular formula is C16H15BrO2. The number of hydrogen-bond acceptors (Lipinski definition) is 1. The zero-order valence-electron chi connectivity index (χ0n) is 10.9. The van der Waals surface area contributed by atoms with Gasteiger partial charge in [0.1, 0.15) is 0 Å². The van der Waals surface area contributed by atoms with Crippen molar-refractivity contribution in [2.45, 2.75) is 19.3 Å². The highest BCUT2D eigenvalue weighted by Gasteiger charge is 2.27. The molecule has 0 aliphatic carbocycles. The summed E-state index contributed by atoms with van der Waals surface area (Å²) in [6.07, 6.45) is 0. The highest BCUT2D eigenvalue weighted by atomic mass is 79.9. The van der Waals surface area contributed by atoms with Crippen LogP contribution in [0.3, 0.4) is 0 Å². The lowest BCUT2D eigenvalue weighted by Crippen LogP contribution is -2.22. The molecule has 2 nitrogen and oxygen atoms in total. The molecule has 2 aromatic rings. The summed E-state index contributed by atoms with van der Waals surface area (Å²) in [5, 5.41) is 9.31. The van der Waals surface area contributed by atoms with Gasteiger partial charge in [0.15, 0.2) is 0 Å². The molecule has 0 aliphatic rings. The van der Waals surface area contributed by atoms with Crippen molar-refractivity contribution in [3.8, 4) is 0 Å². The third-order valence-electron chi connectivity index (χ3n) is 3.40. The Morgan fingerprint density at radius 1 is 1.05 bits per heavy atom. The first-order valence-corrected chi connectivity index (χ1v) is 6.81. The van der Waals surface area contributed by atoms with E-state index in [-0.39, 0.29) is 5.41 Å². The summed E-state index contributed by atoms with van der Waals surface area (Å²) in [4.78, 5) is 11.3. The first kappa shape index (κ1) is 13.8. The molecule has 2 aromatic carbocycles. The molecule has 1 N–H and O–H groups in total. The lowest BCUT2D eigenvalue weighted by atomic mass is 9.76. The molecule has 0 aromatic heterocycles. The van der Waals surface area contributed by atoms with Crippen molar-refractivity contribution in [3.63, 3.8) is 0 Å². The summed E-state index contributed by atoms with van der Waals surface area (Å²) in [5.74, 6) is -0.888. The van der Waals surface area contributed by atoms with Crippen LogP contribution >= 0.6 is 15.9 Å². The lowest BCUT2D eigenvalue weighted by Gasteiger charge is -2.27. The minimum atomic E-state index is -0.888. The van der Waals surface area contributed by atoms with Crippen LogP contribution in [0.4, 0.5) is 0 Å². The molecule has 0 aliphatic heterocycles. The van der Waals surface area contributed by atoms with Crippen LogP contribution < -0.4 is 0 Å². The molecule has 0 heterocycles. The Kier molecular flexibility index (Phi) is 3.76. The van der Waals surface area contributed by atoms with E-state index >= 15 is 0 Å². The van der Waals surface area contributed by atoms with E-state index in [9.17, 15) is 9.90 Å². The summed E-state index contributed by atoms with van der Waals surface area (Å²) in [6.45, 7) is 4.08. The third kappa shape index (κ3) is 2.71. The van der Waals surface area contributed by atoms with E-state index in [0.29, 0.717) is 5.56 Å². The van der Waals surface area contributed by atoms with Crippen LogP contribution in [0.25, 0.3) is 0 Å². The molecule has 3 heteroatoms. The van der Waals surface area contributed by atoms with Crippen molar-refractivity contribution in [3.05, 3.63) is 69.7 Å². The second kappa shape index (κ2) is 5.17. The van der Waals surface area contributed by atoms with Crippen LogP contribution in [0.2, 0.25) is 0 Å². The number of carboxylic acid groups (broad SMARTS) is 1. The summed E-state index contributed by atoms with van der Waals surface area (Å²) in [5.41, 5.74) is 1.92. The third-order valence-corrected chi connectivity index (χ3v) is 3.93. The summed E-state index contributed by atoms with van der Waals surface area (Å²) >= 11 is 3.41. The topological polar surface area (TPSA) is 37.3 Å². The first-order valence-electron chi connectivity index (χ1n) is 6.02. The van der Waals surface area contributed by atoms with E-state index in [1.54, 1.807) is 12.1 Å². The van der Waals surface area contributed by atoms with Gasteiger partial charge >= 0.3 is 5.97 Å². The zero-order valence-corrected chi connectivity index (χ0v) is 12.4. The van der Waals surface area contributed by atoms with Crippen LogP contribution in [0, 0.1) is 0 Å². The van der Waals surface area contributed by atoms with Crippen LogP contribution in [-0.2, 0) is 5.41 Å². The average molecular weight is 319 g/mol. The number of rotatable bonds is 3. The van der Waals surface area contributed by atoms with Gasteiger partial charge in [-0.3, -0.25) is 0 Å². The fraction of sp³-hybridized carbons (Fsp3) is 0.188. The van der Waals surface area contributed by atoms with Crippen molar-refractivity contribution in [1.29, 1.82) is 0 Å². The standard InChI is InChI=1S/C16H15BrO2/c1-16(2,11-7-9-12(17)10-8-11)14-6-4-3-5-13(14)15(18)19/h3-10H,1-2H3,(H,18,19). The molecule has 0 fully saturated rings. The molecule has 98 valence electrons. The number of benzene rings is 2. The van der Waals surface area contributed by atoms with E-state index in [1.807, 2.05) is 50.2 Å². The Hall–Kier alpha value is -1.61. The first-order chi connectivity index (χ1) is 8.93. The predicted octanol–water partition coefficient (Wildman–Crippen LogP) is 4.47. The Morgan fingerprint density at radius 2 is 1.63 bits per heavy atom. The van der Waals surface area contributed by atoms with Gasteiger partial charge in [0.25, 0.3) is 0 Å². The molecule has 0 amide bonds. The molecule has 0 saturated carbocycles. The van der Waals surface area contributed by atoms with E-state index in [0.717, 1.165) is 15.6 Å². The molecule has 19 heavy (non-hydrogen) atoms. The van der Waals surface area contributed by atoms with E-state index in [2.05, 4.69) is 15.9 Å². The smallest absolute Gasteiger partial charge is 0.335 e. The van der Waals surface area contributed by atoms with Crippen LogP contribution in [-0.4, -0.2) is 11.1 Å². The predicted molar refractivity (Wildman–Crippen MR) is 79.7 cm³/mol. The molecule has 0 radical (unpaired) electrons. The molecular weight excluding hydrogens is 304 g/mol. The van der Waals surface area contributed by atoms with Gasteiger partial charge in [0.05, 0.1) is 5.56 Å². The lowest BCUT2D eigenvalue weighted by molar-refractivity contribution is 0.0694. The van der Waals surface area contributed by atoms with Gasteiger partial charge in [-0.05, 0) is 29.3 Å². The second-order valence-electron chi connectivity index (χ2n) is 4.98.